The molecule has 1 amide bonds. The fourth-order valence-electron chi connectivity index (χ4n) is 2.72. The lowest BCUT2D eigenvalue weighted by molar-refractivity contribution is 0.0707. The Morgan fingerprint density at radius 1 is 1.24 bits per heavy atom. The molecule has 0 spiro atoms. The van der Waals surface area contributed by atoms with Crippen LogP contribution in [0, 0.1) is 13.8 Å². The molecule has 1 fully saturated rings. The van der Waals surface area contributed by atoms with Crippen LogP contribution in [0.1, 0.15) is 44.7 Å². The summed E-state index contributed by atoms with van der Waals surface area (Å²) in [5.74, 6) is 0.459. The summed E-state index contributed by atoms with van der Waals surface area (Å²) in [5.41, 5.74) is 1.95. The van der Waals surface area contributed by atoms with Crippen molar-refractivity contribution >= 4 is 17.2 Å². The molecule has 0 saturated carbocycles. The van der Waals surface area contributed by atoms with E-state index in [1.54, 1.807) is 11.3 Å². The van der Waals surface area contributed by atoms with Crippen molar-refractivity contribution in [3.63, 3.8) is 0 Å². The van der Waals surface area contributed by atoms with Gasteiger partial charge in [-0.15, -0.1) is 21.5 Å². The number of benzene rings is 1. The minimum absolute atomic E-state index is 0.126. The standard InChI is InChI=1S/C16H19N3OS/c1-11-5-7-13(8-6-11)16(20)19-9-3-4-14(10-19)15-18-17-12(2)21-15/h5-8,14H,3-4,9-10H2,1-2H3. The largest absolute Gasteiger partial charge is 0.338 e. The quantitative estimate of drug-likeness (QED) is 0.856. The predicted octanol–water partition coefficient (Wildman–Crippen LogP) is 3.17. The minimum atomic E-state index is 0.126. The summed E-state index contributed by atoms with van der Waals surface area (Å²) < 4.78 is 0. The first-order valence-corrected chi connectivity index (χ1v) is 8.11. The zero-order valence-corrected chi connectivity index (χ0v) is 13.2. The second kappa shape index (κ2) is 5.93. The van der Waals surface area contributed by atoms with Gasteiger partial charge in [0.2, 0.25) is 0 Å². The number of hydrogen-bond acceptors (Lipinski definition) is 4. The van der Waals surface area contributed by atoms with Crippen molar-refractivity contribution in [2.24, 2.45) is 0 Å². The molecule has 1 aromatic heterocycles. The van der Waals surface area contributed by atoms with Crippen molar-refractivity contribution in [1.82, 2.24) is 15.1 Å². The van der Waals surface area contributed by atoms with E-state index in [1.165, 1.54) is 5.56 Å². The van der Waals surface area contributed by atoms with E-state index in [2.05, 4.69) is 10.2 Å². The average molecular weight is 301 g/mol. The molecule has 1 aromatic carbocycles. The number of rotatable bonds is 2. The van der Waals surface area contributed by atoms with Crippen LogP contribution in [0.5, 0.6) is 0 Å². The van der Waals surface area contributed by atoms with Crippen molar-refractivity contribution in [3.8, 4) is 0 Å². The molecule has 2 aromatic rings. The molecule has 0 bridgehead atoms. The summed E-state index contributed by atoms with van der Waals surface area (Å²) in [6.07, 6.45) is 2.12. The molecule has 1 aliphatic heterocycles. The Bertz CT molecular complexity index is 635. The maximum atomic E-state index is 12.6. The van der Waals surface area contributed by atoms with E-state index in [0.717, 1.165) is 41.5 Å². The first-order valence-electron chi connectivity index (χ1n) is 7.29. The molecule has 1 atom stereocenters. The normalized spacial score (nSPS) is 18.8. The summed E-state index contributed by atoms with van der Waals surface area (Å²) in [4.78, 5) is 14.5. The first-order chi connectivity index (χ1) is 10.1. The van der Waals surface area contributed by atoms with Crippen LogP contribution in [0.25, 0.3) is 0 Å². The molecular weight excluding hydrogens is 282 g/mol. The van der Waals surface area contributed by atoms with Gasteiger partial charge in [0.05, 0.1) is 0 Å². The molecule has 1 saturated heterocycles. The fourth-order valence-corrected chi connectivity index (χ4v) is 3.54. The third-order valence-corrected chi connectivity index (χ3v) is 4.90. The van der Waals surface area contributed by atoms with Gasteiger partial charge in [-0.05, 0) is 38.8 Å². The van der Waals surface area contributed by atoms with Crippen molar-refractivity contribution in [2.75, 3.05) is 13.1 Å². The van der Waals surface area contributed by atoms with Crippen LogP contribution in [0.15, 0.2) is 24.3 Å². The Balaban J connectivity index is 1.73. The number of carbonyl (C=O) groups is 1. The van der Waals surface area contributed by atoms with Gasteiger partial charge in [0.1, 0.15) is 10.0 Å². The number of hydrogen-bond donors (Lipinski definition) is 0. The SMILES string of the molecule is Cc1ccc(C(=O)N2CCCC(c3nnc(C)s3)C2)cc1. The van der Waals surface area contributed by atoms with Gasteiger partial charge in [0, 0.05) is 24.6 Å². The van der Waals surface area contributed by atoms with Crippen molar-refractivity contribution in [2.45, 2.75) is 32.6 Å². The van der Waals surface area contributed by atoms with Gasteiger partial charge in [0.15, 0.2) is 0 Å². The summed E-state index contributed by atoms with van der Waals surface area (Å²) in [5, 5.41) is 10.4. The second-order valence-electron chi connectivity index (χ2n) is 5.62. The van der Waals surface area contributed by atoms with Gasteiger partial charge in [-0.25, -0.2) is 0 Å². The second-order valence-corrected chi connectivity index (χ2v) is 6.83. The highest BCUT2D eigenvalue weighted by molar-refractivity contribution is 7.11. The van der Waals surface area contributed by atoms with Crippen molar-refractivity contribution < 1.29 is 4.79 Å². The van der Waals surface area contributed by atoms with Crippen LogP contribution >= 0.6 is 11.3 Å². The maximum absolute atomic E-state index is 12.6. The highest BCUT2D eigenvalue weighted by atomic mass is 32.1. The van der Waals surface area contributed by atoms with Crippen LogP contribution in [-0.2, 0) is 0 Å². The molecule has 21 heavy (non-hydrogen) atoms. The number of carbonyl (C=O) groups excluding carboxylic acids is 1. The van der Waals surface area contributed by atoms with Gasteiger partial charge >= 0.3 is 0 Å². The summed E-state index contributed by atoms with van der Waals surface area (Å²) in [7, 11) is 0. The summed E-state index contributed by atoms with van der Waals surface area (Å²) in [6, 6.07) is 7.80. The predicted molar refractivity (Wildman–Crippen MR) is 83.7 cm³/mol. The molecule has 4 nitrogen and oxygen atoms in total. The van der Waals surface area contributed by atoms with E-state index in [9.17, 15) is 4.79 Å². The Kier molecular flexibility index (Phi) is 4.01. The molecule has 5 heteroatoms. The molecule has 1 unspecified atom stereocenters. The van der Waals surface area contributed by atoms with Gasteiger partial charge in [-0.1, -0.05) is 17.7 Å². The number of aromatic nitrogens is 2. The maximum Gasteiger partial charge on any atom is 0.253 e. The fraction of sp³-hybridized carbons (Fsp3) is 0.438. The lowest BCUT2D eigenvalue weighted by Crippen LogP contribution is -2.39. The molecule has 0 radical (unpaired) electrons. The molecule has 110 valence electrons. The number of aryl methyl sites for hydroxylation is 2. The van der Waals surface area contributed by atoms with Crippen LogP contribution < -0.4 is 0 Å². The zero-order chi connectivity index (χ0) is 14.8. The highest BCUT2D eigenvalue weighted by Gasteiger charge is 2.27. The van der Waals surface area contributed by atoms with Crippen molar-refractivity contribution in [1.29, 1.82) is 0 Å². The van der Waals surface area contributed by atoms with Crippen LogP contribution in [-0.4, -0.2) is 34.1 Å². The lowest BCUT2D eigenvalue weighted by atomic mass is 9.98. The van der Waals surface area contributed by atoms with Gasteiger partial charge in [0.25, 0.3) is 5.91 Å². The number of piperidine rings is 1. The van der Waals surface area contributed by atoms with Gasteiger partial charge < -0.3 is 4.90 Å². The topological polar surface area (TPSA) is 46.1 Å². The summed E-state index contributed by atoms with van der Waals surface area (Å²) >= 11 is 1.65. The van der Waals surface area contributed by atoms with E-state index in [-0.39, 0.29) is 5.91 Å². The third-order valence-electron chi connectivity index (χ3n) is 3.90. The lowest BCUT2D eigenvalue weighted by Gasteiger charge is -2.31. The number of amides is 1. The van der Waals surface area contributed by atoms with E-state index >= 15 is 0 Å². The molecular formula is C16H19N3OS. The van der Waals surface area contributed by atoms with Gasteiger partial charge in [-0.3, -0.25) is 4.79 Å². The molecule has 0 aliphatic carbocycles. The van der Waals surface area contributed by atoms with Crippen molar-refractivity contribution in [3.05, 3.63) is 45.4 Å². The highest BCUT2D eigenvalue weighted by Crippen LogP contribution is 2.29. The smallest absolute Gasteiger partial charge is 0.253 e. The number of likely N-dealkylation sites (tertiary alicyclic amines) is 1. The Labute approximate surface area is 128 Å². The van der Waals surface area contributed by atoms with Crippen LogP contribution in [0.3, 0.4) is 0 Å². The number of nitrogens with zero attached hydrogens (tertiary/aromatic N) is 3. The van der Waals surface area contributed by atoms with Gasteiger partial charge in [-0.2, -0.15) is 0 Å². The zero-order valence-electron chi connectivity index (χ0n) is 12.4. The van der Waals surface area contributed by atoms with Crippen LogP contribution in [0.4, 0.5) is 0 Å². The molecule has 2 heterocycles. The Hall–Kier alpha value is -1.75. The third kappa shape index (κ3) is 3.13. The monoisotopic (exact) mass is 301 g/mol. The Morgan fingerprint density at radius 3 is 2.67 bits per heavy atom. The van der Waals surface area contributed by atoms with E-state index in [4.69, 9.17) is 0 Å². The molecule has 0 N–H and O–H groups in total. The van der Waals surface area contributed by atoms with E-state index < -0.39 is 0 Å². The summed E-state index contributed by atoms with van der Waals surface area (Å²) in [6.45, 7) is 5.59. The van der Waals surface area contributed by atoms with Crippen LogP contribution in [0.2, 0.25) is 0 Å². The first kappa shape index (κ1) is 14.2. The van der Waals surface area contributed by atoms with E-state index in [0.29, 0.717) is 5.92 Å². The minimum Gasteiger partial charge on any atom is -0.338 e. The molecule has 3 rings (SSSR count). The molecule has 1 aliphatic rings. The Morgan fingerprint density at radius 2 is 2.00 bits per heavy atom. The average Bonchev–Trinajstić information content (AvgIpc) is 2.94. The van der Waals surface area contributed by atoms with E-state index in [1.807, 2.05) is 43.0 Å².